The molecule has 0 radical (unpaired) electrons. The molecule has 2 heterocycles. The Balaban J connectivity index is 2.07. The quantitative estimate of drug-likeness (QED) is 0.777. The van der Waals surface area contributed by atoms with E-state index in [9.17, 15) is 4.79 Å². The van der Waals surface area contributed by atoms with Crippen molar-refractivity contribution >= 4 is 11.0 Å². The van der Waals surface area contributed by atoms with Gasteiger partial charge in [0.05, 0.1) is 0 Å². The van der Waals surface area contributed by atoms with Crippen LogP contribution in [0.25, 0.3) is 11.0 Å². The molecule has 0 saturated carbocycles. The van der Waals surface area contributed by atoms with Gasteiger partial charge in [-0.1, -0.05) is 20.3 Å². The summed E-state index contributed by atoms with van der Waals surface area (Å²) in [6.07, 6.45) is 3.81. The molecular formula is C20H27NO2. The normalized spacial score (nSPS) is 19.6. The van der Waals surface area contributed by atoms with E-state index in [0.29, 0.717) is 12.0 Å². The zero-order valence-corrected chi connectivity index (χ0v) is 14.7. The summed E-state index contributed by atoms with van der Waals surface area (Å²) in [5, 5.41) is 1.09. The molecule has 2 aromatic rings. The number of benzene rings is 1. The maximum absolute atomic E-state index is 12.0. The van der Waals surface area contributed by atoms with Crippen LogP contribution in [0, 0.1) is 6.92 Å². The predicted octanol–water partition coefficient (Wildman–Crippen LogP) is 4.60. The molecule has 1 aliphatic heterocycles. The van der Waals surface area contributed by atoms with Crippen LogP contribution in [0.2, 0.25) is 0 Å². The van der Waals surface area contributed by atoms with Crippen molar-refractivity contribution in [3.05, 3.63) is 45.3 Å². The molecule has 1 atom stereocenters. The van der Waals surface area contributed by atoms with Gasteiger partial charge >= 0.3 is 5.63 Å². The van der Waals surface area contributed by atoms with Crippen LogP contribution in [-0.2, 0) is 6.54 Å². The van der Waals surface area contributed by atoms with Crippen LogP contribution in [0.3, 0.4) is 0 Å². The first kappa shape index (κ1) is 16.3. The van der Waals surface area contributed by atoms with Gasteiger partial charge in [0.25, 0.3) is 0 Å². The van der Waals surface area contributed by atoms with E-state index in [0.717, 1.165) is 29.6 Å². The molecule has 1 aromatic heterocycles. The van der Waals surface area contributed by atoms with Crippen LogP contribution in [0.4, 0.5) is 0 Å². The minimum Gasteiger partial charge on any atom is -0.423 e. The molecule has 0 aliphatic carbocycles. The molecule has 0 spiro atoms. The summed E-state index contributed by atoms with van der Waals surface area (Å²) in [7, 11) is 0. The molecule has 1 aromatic carbocycles. The van der Waals surface area contributed by atoms with Gasteiger partial charge in [0, 0.05) is 24.0 Å². The minimum absolute atomic E-state index is 0.242. The van der Waals surface area contributed by atoms with Gasteiger partial charge in [-0.15, -0.1) is 0 Å². The fourth-order valence-electron chi connectivity index (χ4n) is 3.76. The van der Waals surface area contributed by atoms with Gasteiger partial charge in [0.15, 0.2) is 0 Å². The molecule has 1 aliphatic rings. The van der Waals surface area contributed by atoms with Crippen LogP contribution >= 0.6 is 0 Å². The Morgan fingerprint density at radius 3 is 2.74 bits per heavy atom. The number of aryl methyl sites for hydroxylation is 1. The van der Waals surface area contributed by atoms with Gasteiger partial charge in [0.1, 0.15) is 5.58 Å². The first-order valence-electron chi connectivity index (χ1n) is 8.77. The number of hydrogen-bond donors (Lipinski definition) is 0. The van der Waals surface area contributed by atoms with E-state index < -0.39 is 0 Å². The highest BCUT2D eigenvalue weighted by atomic mass is 16.4. The molecule has 0 N–H and O–H groups in total. The Kier molecular flexibility index (Phi) is 4.58. The highest BCUT2D eigenvalue weighted by Crippen LogP contribution is 2.28. The SMILES string of the molecule is Cc1cc2oc(=O)cc(CN3CCCC[C@H]3C)c2cc1C(C)C. The fourth-order valence-corrected chi connectivity index (χ4v) is 3.76. The van der Waals surface area contributed by atoms with E-state index in [-0.39, 0.29) is 5.63 Å². The maximum Gasteiger partial charge on any atom is 0.336 e. The third kappa shape index (κ3) is 3.35. The van der Waals surface area contributed by atoms with Crippen LogP contribution in [-0.4, -0.2) is 17.5 Å². The van der Waals surface area contributed by atoms with Crippen LogP contribution < -0.4 is 5.63 Å². The number of piperidine rings is 1. The predicted molar refractivity (Wildman–Crippen MR) is 95.0 cm³/mol. The van der Waals surface area contributed by atoms with Crippen molar-refractivity contribution in [1.82, 2.24) is 4.90 Å². The van der Waals surface area contributed by atoms with Crippen LogP contribution in [0.5, 0.6) is 0 Å². The third-order valence-electron chi connectivity index (χ3n) is 5.15. The Hall–Kier alpha value is -1.61. The average molecular weight is 313 g/mol. The lowest BCUT2D eigenvalue weighted by molar-refractivity contribution is 0.153. The number of likely N-dealkylation sites (tertiary alicyclic amines) is 1. The van der Waals surface area contributed by atoms with Crippen molar-refractivity contribution in [3.63, 3.8) is 0 Å². The highest BCUT2D eigenvalue weighted by Gasteiger charge is 2.20. The molecule has 23 heavy (non-hydrogen) atoms. The lowest BCUT2D eigenvalue weighted by Crippen LogP contribution is -2.36. The smallest absolute Gasteiger partial charge is 0.336 e. The lowest BCUT2D eigenvalue weighted by Gasteiger charge is -2.33. The van der Waals surface area contributed by atoms with Gasteiger partial charge in [-0.25, -0.2) is 4.79 Å². The minimum atomic E-state index is -0.242. The Bertz CT molecular complexity index is 760. The van der Waals surface area contributed by atoms with Crippen LogP contribution in [0.1, 0.15) is 62.6 Å². The molecule has 124 valence electrons. The first-order chi connectivity index (χ1) is 11.0. The second kappa shape index (κ2) is 6.48. The maximum atomic E-state index is 12.0. The molecule has 1 fully saturated rings. The van der Waals surface area contributed by atoms with E-state index in [4.69, 9.17) is 4.42 Å². The molecule has 0 unspecified atom stereocenters. The largest absolute Gasteiger partial charge is 0.423 e. The topological polar surface area (TPSA) is 33.5 Å². The average Bonchev–Trinajstić information content (AvgIpc) is 2.48. The summed E-state index contributed by atoms with van der Waals surface area (Å²) in [6.45, 7) is 10.7. The van der Waals surface area contributed by atoms with E-state index in [1.54, 1.807) is 6.07 Å². The molecule has 0 bridgehead atoms. The van der Waals surface area contributed by atoms with E-state index >= 15 is 0 Å². The molecular weight excluding hydrogens is 286 g/mol. The van der Waals surface area contributed by atoms with Gasteiger partial charge in [-0.2, -0.15) is 0 Å². The molecule has 3 nitrogen and oxygen atoms in total. The number of hydrogen-bond acceptors (Lipinski definition) is 3. The zero-order chi connectivity index (χ0) is 16.6. The molecule has 3 heteroatoms. The van der Waals surface area contributed by atoms with Gasteiger partial charge < -0.3 is 4.42 Å². The molecule has 1 saturated heterocycles. The van der Waals surface area contributed by atoms with Crippen molar-refractivity contribution in [2.45, 2.75) is 65.5 Å². The number of fused-ring (bicyclic) bond motifs is 1. The van der Waals surface area contributed by atoms with Crippen molar-refractivity contribution in [2.75, 3.05) is 6.54 Å². The Morgan fingerprint density at radius 2 is 2.04 bits per heavy atom. The van der Waals surface area contributed by atoms with Gasteiger partial charge in [0.2, 0.25) is 0 Å². The highest BCUT2D eigenvalue weighted by molar-refractivity contribution is 5.82. The summed E-state index contributed by atoms with van der Waals surface area (Å²) in [5.74, 6) is 0.466. The van der Waals surface area contributed by atoms with E-state index in [1.165, 1.54) is 30.4 Å². The third-order valence-corrected chi connectivity index (χ3v) is 5.15. The van der Waals surface area contributed by atoms with Crippen molar-refractivity contribution < 1.29 is 4.42 Å². The lowest BCUT2D eigenvalue weighted by atomic mass is 9.94. The number of rotatable bonds is 3. The number of nitrogens with zero attached hydrogens (tertiary/aromatic N) is 1. The summed E-state index contributed by atoms with van der Waals surface area (Å²) in [4.78, 5) is 14.5. The second-order valence-corrected chi connectivity index (χ2v) is 7.27. The van der Waals surface area contributed by atoms with Crippen molar-refractivity contribution in [2.24, 2.45) is 0 Å². The van der Waals surface area contributed by atoms with Crippen molar-refractivity contribution in [1.29, 1.82) is 0 Å². The Labute approximate surface area is 138 Å². The van der Waals surface area contributed by atoms with Crippen LogP contribution in [0.15, 0.2) is 27.4 Å². The van der Waals surface area contributed by atoms with Gasteiger partial charge in [-0.3, -0.25) is 4.90 Å². The van der Waals surface area contributed by atoms with E-state index in [2.05, 4.69) is 38.7 Å². The summed E-state index contributed by atoms with van der Waals surface area (Å²) >= 11 is 0. The summed E-state index contributed by atoms with van der Waals surface area (Å²) < 4.78 is 5.46. The first-order valence-corrected chi connectivity index (χ1v) is 8.77. The Morgan fingerprint density at radius 1 is 1.26 bits per heavy atom. The van der Waals surface area contributed by atoms with E-state index in [1.807, 2.05) is 6.07 Å². The summed E-state index contributed by atoms with van der Waals surface area (Å²) in [6, 6.07) is 6.52. The standard InChI is InChI=1S/C20H27NO2/c1-13(2)17-11-18-16(12-21-8-6-5-7-15(21)4)10-20(22)23-19(18)9-14(17)3/h9-11,13,15H,5-8,12H2,1-4H3/t15-/m1/s1. The molecule has 3 rings (SSSR count). The molecule has 0 amide bonds. The fraction of sp³-hybridized carbons (Fsp3) is 0.550. The van der Waals surface area contributed by atoms with Gasteiger partial charge in [-0.05, 0) is 68.0 Å². The monoisotopic (exact) mass is 313 g/mol. The zero-order valence-electron chi connectivity index (χ0n) is 14.7. The summed E-state index contributed by atoms with van der Waals surface area (Å²) in [5.41, 5.74) is 4.11. The van der Waals surface area contributed by atoms with Crippen molar-refractivity contribution in [3.8, 4) is 0 Å². The second-order valence-electron chi connectivity index (χ2n) is 7.27.